The number of aryl methyl sites for hydroxylation is 2. The number of rotatable bonds is 16. The molecule has 3 heterocycles. The van der Waals surface area contributed by atoms with Gasteiger partial charge in [0.2, 0.25) is 0 Å². The van der Waals surface area contributed by atoms with Gasteiger partial charge in [0.1, 0.15) is 29.0 Å². The van der Waals surface area contributed by atoms with Crippen LogP contribution in [0.4, 0.5) is 0 Å². The lowest BCUT2D eigenvalue weighted by Crippen LogP contribution is -1.99. The van der Waals surface area contributed by atoms with Gasteiger partial charge < -0.3 is 28.7 Å². The van der Waals surface area contributed by atoms with Crippen molar-refractivity contribution < 1.29 is 24.5 Å². The quantitative estimate of drug-likeness (QED) is 0.0743. The van der Waals surface area contributed by atoms with Crippen LogP contribution in [-0.2, 0) is 22.7 Å². The van der Waals surface area contributed by atoms with Gasteiger partial charge in [-0.05, 0) is 114 Å². The van der Waals surface area contributed by atoms with E-state index in [9.17, 15) is 30.3 Å². The average molecular weight is 734 g/mol. The number of hydrogen-bond donors (Lipinski definition) is 2. The number of ether oxygens (including phenoxy) is 1. The number of carboxylic acid groups (broad SMARTS) is 2. The number of hydrogen-bond acceptors (Lipinski definition) is 5. The average Bonchev–Trinajstić information content (AvgIpc) is 3.89. The molecule has 0 fully saturated rings. The van der Waals surface area contributed by atoms with Crippen LogP contribution in [0.25, 0.3) is 62.2 Å². The predicted octanol–water partition coefficient (Wildman–Crippen LogP) is 10.1. The van der Waals surface area contributed by atoms with Gasteiger partial charge in [0.15, 0.2) is 0 Å². The van der Waals surface area contributed by atoms with Gasteiger partial charge in [-0.15, -0.1) is 0 Å². The minimum atomic E-state index is -1.27. The molecule has 0 spiro atoms. The molecular weight excluding hydrogens is 691 g/mol. The van der Waals surface area contributed by atoms with Crippen LogP contribution in [0.1, 0.15) is 64.0 Å². The number of nitrogens with zero attached hydrogens (tertiary/aromatic N) is 5. The topological polar surface area (TPSA) is 146 Å². The van der Waals surface area contributed by atoms with Crippen molar-refractivity contribution in [2.75, 3.05) is 6.61 Å². The Morgan fingerprint density at radius 3 is 1.55 bits per heavy atom. The minimum absolute atomic E-state index is 0.328. The first-order chi connectivity index (χ1) is 26.7. The van der Waals surface area contributed by atoms with Crippen LogP contribution < -0.4 is 4.74 Å². The summed E-state index contributed by atoms with van der Waals surface area (Å²) in [4.78, 5) is 23.3. The zero-order valence-electron chi connectivity index (χ0n) is 31.2. The van der Waals surface area contributed by atoms with E-state index in [1.54, 1.807) is 12.1 Å². The van der Waals surface area contributed by atoms with E-state index in [1.165, 1.54) is 12.2 Å². The maximum Gasteiger partial charge on any atom is 0.346 e. The van der Waals surface area contributed by atoms with E-state index in [-0.39, 0.29) is 11.1 Å². The van der Waals surface area contributed by atoms with Crippen molar-refractivity contribution in [3.63, 3.8) is 0 Å². The molecule has 0 aliphatic heterocycles. The van der Waals surface area contributed by atoms with Gasteiger partial charge in [-0.1, -0.05) is 45.7 Å². The Balaban J connectivity index is 1.57. The second-order valence-corrected chi connectivity index (χ2v) is 13.5. The Morgan fingerprint density at radius 1 is 0.673 bits per heavy atom. The minimum Gasteiger partial charge on any atom is -0.494 e. The molecule has 3 aromatic carbocycles. The molecule has 2 N–H and O–H groups in total. The summed E-state index contributed by atoms with van der Waals surface area (Å²) in [6.45, 7) is 8.41. The fourth-order valence-corrected chi connectivity index (χ4v) is 6.89. The largest absolute Gasteiger partial charge is 0.494 e. The van der Waals surface area contributed by atoms with Crippen LogP contribution in [0.5, 0.6) is 5.75 Å². The molecule has 10 heteroatoms. The maximum atomic E-state index is 11.7. The summed E-state index contributed by atoms with van der Waals surface area (Å²) in [6.07, 6.45) is 11.3. The van der Waals surface area contributed by atoms with Crippen molar-refractivity contribution in [2.24, 2.45) is 0 Å². The van der Waals surface area contributed by atoms with Crippen LogP contribution in [0, 0.1) is 22.7 Å². The zero-order valence-corrected chi connectivity index (χ0v) is 31.2. The molecular formula is C45H43N5O5. The Morgan fingerprint density at radius 2 is 1.15 bits per heavy atom. The van der Waals surface area contributed by atoms with Gasteiger partial charge in [0.25, 0.3) is 0 Å². The summed E-state index contributed by atoms with van der Waals surface area (Å²) < 4.78 is 12.4. The number of carboxylic acids is 2. The lowest BCUT2D eigenvalue weighted by atomic mass is 10.0. The molecule has 3 aromatic heterocycles. The second kappa shape index (κ2) is 16.9. The highest BCUT2D eigenvalue weighted by Crippen LogP contribution is 2.38. The summed E-state index contributed by atoms with van der Waals surface area (Å²) in [5, 5.41) is 40.0. The van der Waals surface area contributed by atoms with Crippen LogP contribution >= 0.6 is 0 Å². The highest BCUT2D eigenvalue weighted by molar-refractivity contribution is 6.11. The first-order valence-corrected chi connectivity index (χ1v) is 18.6. The van der Waals surface area contributed by atoms with Gasteiger partial charge in [-0.25, -0.2) is 9.59 Å². The Kier molecular flexibility index (Phi) is 11.7. The maximum absolute atomic E-state index is 11.7. The van der Waals surface area contributed by atoms with Crippen LogP contribution in [0.2, 0.25) is 0 Å². The number of benzene rings is 3. The van der Waals surface area contributed by atoms with Crippen molar-refractivity contribution >= 4 is 45.9 Å². The van der Waals surface area contributed by atoms with E-state index in [2.05, 4.69) is 83.0 Å². The highest BCUT2D eigenvalue weighted by Gasteiger charge is 2.18. The van der Waals surface area contributed by atoms with Crippen LogP contribution in [0.15, 0.2) is 96.3 Å². The van der Waals surface area contributed by atoms with Crippen LogP contribution in [0.3, 0.4) is 0 Å². The van der Waals surface area contributed by atoms with E-state index in [0.717, 1.165) is 101 Å². The number of aromatic nitrogens is 3. The van der Waals surface area contributed by atoms with Crippen molar-refractivity contribution in [3.05, 3.63) is 107 Å². The molecule has 0 bridgehead atoms. The molecule has 0 amide bonds. The van der Waals surface area contributed by atoms with E-state index < -0.39 is 11.9 Å². The molecule has 0 radical (unpaired) electrons. The Bertz CT molecular complexity index is 2380. The number of nitriles is 2. The SMILES string of the molecule is CCCCn1cc(/C=C(/C#N)C(=O)O)cc1-c1ccc2c(c1)c1cc(-c3cc(/C=C(/C#N)C(=O)O)cn3CCCC)ccc1n2-c1ccc(OCCC)cc1. The Labute approximate surface area is 320 Å². The molecule has 55 heavy (non-hydrogen) atoms. The molecule has 6 aromatic rings. The fourth-order valence-electron chi connectivity index (χ4n) is 6.89. The van der Waals surface area contributed by atoms with Crippen molar-refractivity contribution in [3.8, 4) is 46.1 Å². The van der Waals surface area contributed by atoms with E-state index >= 15 is 0 Å². The molecule has 10 nitrogen and oxygen atoms in total. The molecule has 0 aliphatic carbocycles. The van der Waals surface area contributed by atoms with Gasteiger partial charge in [-0.2, -0.15) is 10.5 Å². The Hall–Kier alpha value is -6.78. The third-order valence-corrected chi connectivity index (χ3v) is 9.59. The summed E-state index contributed by atoms with van der Waals surface area (Å²) in [5.74, 6) is -1.73. The molecule has 6 rings (SSSR count). The summed E-state index contributed by atoms with van der Waals surface area (Å²) >= 11 is 0. The van der Waals surface area contributed by atoms with E-state index in [4.69, 9.17) is 4.74 Å². The molecule has 0 aliphatic rings. The van der Waals surface area contributed by atoms with Gasteiger partial charge in [0, 0.05) is 53.3 Å². The fraction of sp³-hybridized carbons (Fsp3) is 0.244. The van der Waals surface area contributed by atoms with Crippen molar-refractivity contribution in [1.29, 1.82) is 10.5 Å². The standard InChI is InChI=1S/C45H43N5O5/c1-4-7-17-48-28-30(20-34(26-46)44(51)52)22-42(48)32-9-15-40-38(24-32)39-25-33(10-16-41(39)50(40)36-11-13-37(14-12-36)55-19-6-3)43-23-31(21-35(27-47)45(53)54)29-49(43)18-8-5-2/h9-16,20-25,28-29H,4-8,17-19H2,1-3H3,(H,51,52)(H,53,54)/b34-20-,35-21-. The van der Waals surface area contributed by atoms with Crippen LogP contribution in [-0.4, -0.2) is 42.5 Å². The predicted molar refractivity (Wildman–Crippen MR) is 216 cm³/mol. The summed E-state index contributed by atoms with van der Waals surface area (Å²) in [6, 6.07) is 28.2. The molecule has 0 atom stereocenters. The zero-order chi connectivity index (χ0) is 39.1. The van der Waals surface area contributed by atoms with Crippen molar-refractivity contribution in [1.82, 2.24) is 13.7 Å². The molecule has 0 unspecified atom stereocenters. The monoisotopic (exact) mass is 733 g/mol. The van der Waals surface area contributed by atoms with E-state index in [0.29, 0.717) is 17.7 Å². The lowest BCUT2D eigenvalue weighted by Gasteiger charge is -2.11. The third kappa shape index (κ3) is 8.09. The third-order valence-electron chi connectivity index (χ3n) is 9.59. The summed E-state index contributed by atoms with van der Waals surface area (Å²) in [7, 11) is 0. The molecule has 0 saturated heterocycles. The number of unbranched alkanes of at least 4 members (excludes halogenated alkanes) is 2. The molecule has 0 saturated carbocycles. The first-order valence-electron chi connectivity index (χ1n) is 18.6. The van der Waals surface area contributed by atoms with Gasteiger partial charge in [-0.3, -0.25) is 0 Å². The smallest absolute Gasteiger partial charge is 0.346 e. The second-order valence-electron chi connectivity index (χ2n) is 13.5. The first kappa shape index (κ1) is 38.0. The highest BCUT2D eigenvalue weighted by atomic mass is 16.5. The number of aliphatic carboxylic acids is 2. The lowest BCUT2D eigenvalue weighted by molar-refractivity contribution is -0.133. The number of carbonyl (C=O) groups is 2. The normalized spacial score (nSPS) is 11.9. The van der Waals surface area contributed by atoms with Gasteiger partial charge in [0.05, 0.1) is 17.6 Å². The number of fused-ring (bicyclic) bond motifs is 3. The van der Waals surface area contributed by atoms with Crippen molar-refractivity contribution in [2.45, 2.75) is 66.0 Å². The van der Waals surface area contributed by atoms with E-state index in [1.807, 2.05) is 36.7 Å². The summed E-state index contributed by atoms with van der Waals surface area (Å²) in [5.41, 5.74) is 7.29. The molecule has 278 valence electrons. The van der Waals surface area contributed by atoms with Gasteiger partial charge >= 0.3 is 11.9 Å².